The van der Waals surface area contributed by atoms with Gasteiger partial charge in [0, 0.05) is 6.04 Å². The average molecular weight is 235 g/mol. The average Bonchev–Trinajstić information content (AvgIpc) is 2.79. The van der Waals surface area contributed by atoms with Crippen LogP contribution in [0.15, 0.2) is 24.3 Å². The van der Waals surface area contributed by atoms with Gasteiger partial charge in [0.15, 0.2) is 0 Å². The van der Waals surface area contributed by atoms with Crippen molar-refractivity contribution >= 4 is 0 Å². The largest absolute Gasteiger partial charge is 0.494 e. The van der Waals surface area contributed by atoms with Crippen molar-refractivity contribution in [2.24, 2.45) is 0 Å². The van der Waals surface area contributed by atoms with E-state index in [4.69, 9.17) is 9.47 Å². The predicted molar refractivity (Wildman–Crippen MR) is 68.7 cm³/mol. The summed E-state index contributed by atoms with van der Waals surface area (Å²) in [5.74, 6) is 1.83. The van der Waals surface area contributed by atoms with Gasteiger partial charge in [-0.2, -0.15) is 0 Å². The first-order valence-electron chi connectivity index (χ1n) is 6.40. The Hall–Kier alpha value is -1.22. The van der Waals surface area contributed by atoms with Crippen LogP contribution in [0.3, 0.4) is 0 Å². The van der Waals surface area contributed by atoms with Crippen molar-refractivity contribution in [1.29, 1.82) is 0 Å². The third-order valence-corrected chi connectivity index (χ3v) is 3.25. The van der Waals surface area contributed by atoms with E-state index in [2.05, 4.69) is 5.32 Å². The molecule has 3 nitrogen and oxygen atoms in total. The van der Waals surface area contributed by atoms with E-state index in [1.165, 1.54) is 12.8 Å². The minimum atomic E-state index is 0.304. The number of nitrogens with one attached hydrogen (secondary N) is 1. The smallest absolute Gasteiger partial charge is 0.120 e. The second-order valence-corrected chi connectivity index (χ2v) is 4.39. The molecule has 94 valence electrons. The van der Waals surface area contributed by atoms with Gasteiger partial charge >= 0.3 is 0 Å². The Bertz CT molecular complexity index is 337. The van der Waals surface area contributed by atoms with Crippen LogP contribution in [0.2, 0.25) is 0 Å². The summed E-state index contributed by atoms with van der Waals surface area (Å²) in [6.45, 7) is 2.69. The Kier molecular flexibility index (Phi) is 4.26. The highest BCUT2D eigenvalue weighted by atomic mass is 16.5. The fourth-order valence-electron chi connectivity index (χ4n) is 2.35. The Labute approximate surface area is 103 Å². The lowest BCUT2D eigenvalue weighted by atomic mass is 10.2. The van der Waals surface area contributed by atoms with Crippen molar-refractivity contribution in [3.63, 3.8) is 0 Å². The molecule has 2 unspecified atom stereocenters. The summed E-state index contributed by atoms with van der Waals surface area (Å²) in [5, 5.41) is 3.32. The van der Waals surface area contributed by atoms with Crippen LogP contribution in [0.5, 0.6) is 11.5 Å². The zero-order chi connectivity index (χ0) is 12.1. The standard InChI is InChI=1S/C14H21NO2/c1-3-16-11-7-9-12(10-8-11)17-14-6-4-5-13(14)15-2/h7-10,13-15H,3-6H2,1-2H3. The lowest BCUT2D eigenvalue weighted by Gasteiger charge is -2.20. The van der Waals surface area contributed by atoms with Gasteiger partial charge in [0.1, 0.15) is 17.6 Å². The van der Waals surface area contributed by atoms with Crippen LogP contribution in [0.1, 0.15) is 26.2 Å². The molecule has 17 heavy (non-hydrogen) atoms. The van der Waals surface area contributed by atoms with Crippen LogP contribution >= 0.6 is 0 Å². The molecule has 1 aliphatic carbocycles. The van der Waals surface area contributed by atoms with E-state index in [0.29, 0.717) is 18.8 Å². The van der Waals surface area contributed by atoms with E-state index in [9.17, 15) is 0 Å². The minimum absolute atomic E-state index is 0.304. The maximum absolute atomic E-state index is 5.99. The minimum Gasteiger partial charge on any atom is -0.494 e. The normalized spacial score (nSPS) is 23.6. The first kappa shape index (κ1) is 12.2. The summed E-state index contributed by atoms with van der Waals surface area (Å²) < 4.78 is 11.4. The Morgan fingerprint density at radius 1 is 1.18 bits per heavy atom. The molecule has 0 radical (unpaired) electrons. The summed E-state index contributed by atoms with van der Waals surface area (Å²) in [5.41, 5.74) is 0. The Morgan fingerprint density at radius 2 is 1.88 bits per heavy atom. The molecule has 0 aromatic heterocycles. The van der Waals surface area contributed by atoms with Crippen LogP contribution in [0, 0.1) is 0 Å². The molecule has 2 atom stereocenters. The van der Waals surface area contributed by atoms with Crippen molar-refractivity contribution < 1.29 is 9.47 Å². The second kappa shape index (κ2) is 5.92. The summed E-state index contributed by atoms with van der Waals surface area (Å²) in [6, 6.07) is 8.37. The molecule has 0 spiro atoms. The van der Waals surface area contributed by atoms with Gasteiger partial charge < -0.3 is 14.8 Å². The van der Waals surface area contributed by atoms with Crippen molar-refractivity contribution in [2.75, 3.05) is 13.7 Å². The quantitative estimate of drug-likeness (QED) is 0.851. The molecule has 0 heterocycles. The second-order valence-electron chi connectivity index (χ2n) is 4.39. The Balaban J connectivity index is 1.94. The fourth-order valence-corrected chi connectivity index (χ4v) is 2.35. The predicted octanol–water partition coefficient (Wildman–Crippen LogP) is 2.60. The summed E-state index contributed by atoms with van der Waals surface area (Å²) in [4.78, 5) is 0. The number of rotatable bonds is 5. The van der Waals surface area contributed by atoms with Gasteiger partial charge in [0.05, 0.1) is 6.61 Å². The molecule has 1 N–H and O–H groups in total. The molecule has 0 aliphatic heterocycles. The van der Waals surface area contributed by atoms with Crippen molar-refractivity contribution in [3.05, 3.63) is 24.3 Å². The van der Waals surface area contributed by atoms with Gasteiger partial charge in [-0.25, -0.2) is 0 Å². The fraction of sp³-hybridized carbons (Fsp3) is 0.571. The maximum Gasteiger partial charge on any atom is 0.120 e. The van der Waals surface area contributed by atoms with E-state index in [0.717, 1.165) is 17.9 Å². The van der Waals surface area contributed by atoms with Crippen LogP contribution in [0.25, 0.3) is 0 Å². The van der Waals surface area contributed by atoms with Gasteiger partial charge in [-0.3, -0.25) is 0 Å². The number of likely N-dealkylation sites (N-methyl/N-ethyl adjacent to an activating group) is 1. The zero-order valence-electron chi connectivity index (χ0n) is 10.6. The van der Waals surface area contributed by atoms with Crippen LogP contribution in [-0.4, -0.2) is 25.8 Å². The highest BCUT2D eigenvalue weighted by molar-refractivity contribution is 5.31. The highest BCUT2D eigenvalue weighted by Gasteiger charge is 2.27. The third kappa shape index (κ3) is 3.13. The van der Waals surface area contributed by atoms with Crippen molar-refractivity contribution in [1.82, 2.24) is 5.32 Å². The zero-order valence-corrected chi connectivity index (χ0v) is 10.6. The van der Waals surface area contributed by atoms with Crippen LogP contribution in [0.4, 0.5) is 0 Å². The molecule has 0 bridgehead atoms. The summed E-state index contributed by atoms with van der Waals surface area (Å²) in [7, 11) is 2.00. The van der Waals surface area contributed by atoms with E-state index in [1.807, 2.05) is 38.2 Å². The number of ether oxygens (including phenoxy) is 2. The van der Waals surface area contributed by atoms with Crippen LogP contribution < -0.4 is 14.8 Å². The van der Waals surface area contributed by atoms with E-state index >= 15 is 0 Å². The summed E-state index contributed by atoms with van der Waals surface area (Å²) >= 11 is 0. The molecule has 2 rings (SSSR count). The topological polar surface area (TPSA) is 30.5 Å². The first-order chi connectivity index (χ1) is 8.33. The summed E-state index contributed by atoms with van der Waals surface area (Å²) in [6.07, 6.45) is 3.89. The van der Waals surface area contributed by atoms with Gasteiger partial charge in [-0.1, -0.05) is 0 Å². The van der Waals surface area contributed by atoms with E-state index in [1.54, 1.807) is 0 Å². The molecule has 1 fully saturated rings. The van der Waals surface area contributed by atoms with Gasteiger partial charge in [0.2, 0.25) is 0 Å². The molecule has 1 aromatic rings. The molecule has 1 saturated carbocycles. The van der Waals surface area contributed by atoms with Crippen molar-refractivity contribution in [2.45, 2.75) is 38.3 Å². The lowest BCUT2D eigenvalue weighted by molar-refractivity contribution is 0.178. The van der Waals surface area contributed by atoms with Crippen LogP contribution in [-0.2, 0) is 0 Å². The number of hydrogen-bond acceptors (Lipinski definition) is 3. The van der Waals surface area contributed by atoms with Crippen molar-refractivity contribution in [3.8, 4) is 11.5 Å². The van der Waals surface area contributed by atoms with E-state index < -0.39 is 0 Å². The number of hydrogen-bond donors (Lipinski definition) is 1. The van der Waals surface area contributed by atoms with Gasteiger partial charge in [-0.05, 0) is 57.5 Å². The molecule has 3 heteroatoms. The monoisotopic (exact) mass is 235 g/mol. The molecule has 1 aliphatic rings. The third-order valence-electron chi connectivity index (χ3n) is 3.25. The number of benzene rings is 1. The lowest BCUT2D eigenvalue weighted by Crippen LogP contribution is -2.36. The molecular weight excluding hydrogens is 214 g/mol. The van der Waals surface area contributed by atoms with Gasteiger partial charge in [-0.15, -0.1) is 0 Å². The molecule has 0 saturated heterocycles. The maximum atomic E-state index is 5.99. The molecule has 1 aromatic carbocycles. The van der Waals surface area contributed by atoms with E-state index in [-0.39, 0.29) is 0 Å². The SMILES string of the molecule is CCOc1ccc(OC2CCCC2NC)cc1. The molecule has 0 amide bonds. The Morgan fingerprint density at radius 3 is 2.53 bits per heavy atom. The highest BCUT2D eigenvalue weighted by Crippen LogP contribution is 2.25. The van der Waals surface area contributed by atoms with Gasteiger partial charge in [0.25, 0.3) is 0 Å². The molecular formula is C14H21NO2. The first-order valence-corrected chi connectivity index (χ1v) is 6.40.